The van der Waals surface area contributed by atoms with Gasteiger partial charge in [0.2, 0.25) is 5.91 Å². The molecule has 1 aromatic rings. The van der Waals surface area contributed by atoms with Gasteiger partial charge in [0.15, 0.2) is 0 Å². The highest BCUT2D eigenvalue weighted by Crippen LogP contribution is 2.20. The van der Waals surface area contributed by atoms with Crippen molar-refractivity contribution in [1.82, 2.24) is 10.6 Å². The smallest absolute Gasteiger partial charge is 0.224 e. The Kier molecular flexibility index (Phi) is 4.71. The predicted octanol–water partition coefficient (Wildman–Crippen LogP) is 2.79. The third-order valence-corrected chi connectivity index (χ3v) is 3.87. The Balaban J connectivity index is 1.97. The van der Waals surface area contributed by atoms with Crippen LogP contribution in [0.5, 0.6) is 0 Å². The zero-order valence-electron chi connectivity index (χ0n) is 10.9. The SMILES string of the molecule is CC1(NC(=O)Cc2cc(Cl)cc(Cl)c2)CCNCC1. The molecule has 5 heteroatoms. The van der Waals surface area contributed by atoms with Crippen molar-refractivity contribution in [3.8, 4) is 0 Å². The van der Waals surface area contributed by atoms with E-state index in [-0.39, 0.29) is 11.4 Å². The molecule has 1 aliphatic rings. The Hall–Kier alpha value is -0.770. The zero-order valence-corrected chi connectivity index (χ0v) is 12.4. The van der Waals surface area contributed by atoms with Crippen molar-refractivity contribution in [2.24, 2.45) is 0 Å². The fraction of sp³-hybridized carbons (Fsp3) is 0.500. The number of hydrogen-bond donors (Lipinski definition) is 2. The van der Waals surface area contributed by atoms with E-state index in [1.165, 1.54) is 0 Å². The fourth-order valence-electron chi connectivity index (χ4n) is 2.38. The molecule has 2 rings (SSSR count). The second-order valence-corrected chi connectivity index (χ2v) is 6.19. The fourth-order valence-corrected chi connectivity index (χ4v) is 2.95. The summed E-state index contributed by atoms with van der Waals surface area (Å²) in [7, 11) is 0. The van der Waals surface area contributed by atoms with E-state index in [9.17, 15) is 4.79 Å². The summed E-state index contributed by atoms with van der Waals surface area (Å²) in [5, 5.41) is 7.53. The summed E-state index contributed by atoms with van der Waals surface area (Å²) in [5.41, 5.74) is 0.734. The highest BCUT2D eigenvalue weighted by atomic mass is 35.5. The Morgan fingerprint density at radius 3 is 2.42 bits per heavy atom. The third kappa shape index (κ3) is 4.37. The Morgan fingerprint density at radius 1 is 1.26 bits per heavy atom. The topological polar surface area (TPSA) is 41.1 Å². The van der Waals surface area contributed by atoms with Crippen LogP contribution in [0.15, 0.2) is 18.2 Å². The molecule has 19 heavy (non-hydrogen) atoms. The average Bonchev–Trinajstić information content (AvgIpc) is 2.27. The summed E-state index contributed by atoms with van der Waals surface area (Å²) < 4.78 is 0. The van der Waals surface area contributed by atoms with E-state index in [0.717, 1.165) is 31.5 Å². The number of carbonyl (C=O) groups excluding carboxylic acids is 1. The maximum Gasteiger partial charge on any atom is 0.224 e. The summed E-state index contributed by atoms with van der Waals surface area (Å²) in [4.78, 5) is 12.1. The van der Waals surface area contributed by atoms with Crippen LogP contribution in [-0.4, -0.2) is 24.5 Å². The molecule has 0 aromatic heterocycles. The molecule has 104 valence electrons. The first-order valence-electron chi connectivity index (χ1n) is 6.44. The van der Waals surface area contributed by atoms with Crippen molar-refractivity contribution in [3.63, 3.8) is 0 Å². The third-order valence-electron chi connectivity index (χ3n) is 3.44. The highest BCUT2D eigenvalue weighted by molar-refractivity contribution is 6.34. The molecule has 2 N–H and O–H groups in total. The molecular formula is C14H18Cl2N2O. The molecule has 0 atom stereocenters. The lowest BCUT2D eigenvalue weighted by Crippen LogP contribution is -2.52. The second-order valence-electron chi connectivity index (χ2n) is 5.31. The number of piperidine rings is 1. The van der Waals surface area contributed by atoms with Crippen LogP contribution in [-0.2, 0) is 11.2 Å². The number of hydrogen-bond acceptors (Lipinski definition) is 2. The summed E-state index contributed by atoms with van der Waals surface area (Å²) in [6, 6.07) is 5.22. The molecule has 1 amide bonds. The lowest BCUT2D eigenvalue weighted by molar-refractivity contribution is -0.122. The normalized spacial score (nSPS) is 18.1. The number of benzene rings is 1. The average molecular weight is 301 g/mol. The van der Waals surface area contributed by atoms with Crippen molar-refractivity contribution >= 4 is 29.1 Å². The van der Waals surface area contributed by atoms with Crippen molar-refractivity contribution in [3.05, 3.63) is 33.8 Å². The minimum atomic E-state index is -0.106. The van der Waals surface area contributed by atoms with E-state index < -0.39 is 0 Å². The van der Waals surface area contributed by atoms with Crippen molar-refractivity contribution in [1.29, 1.82) is 0 Å². The van der Waals surface area contributed by atoms with Gasteiger partial charge in [-0.3, -0.25) is 4.79 Å². The molecule has 3 nitrogen and oxygen atoms in total. The van der Waals surface area contributed by atoms with Gasteiger partial charge >= 0.3 is 0 Å². The summed E-state index contributed by atoms with van der Waals surface area (Å²) in [6.07, 6.45) is 2.22. The quantitative estimate of drug-likeness (QED) is 0.901. The van der Waals surface area contributed by atoms with Crippen LogP contribution in [0.3, 0.4) is 0 Å². The minimum Gasteiger partial charge on any atom is -0.351 e. The van der Waals surface area contributed by atoms with E-state index in [2.05, 4.69) is 17.6 Å². The van der Waals surface area contributed by atoms with Crippen LogP contribution < -0.4 is 10.6 Å². The van der Waals surface area contributed by atoms with Gasteiger partial charge in [-0.1, -0.05) is 23.2 Å². The van der Waals surface area contributed by atoms with Crippen LogP contribution >= 0.6 is 23.2 Å². The molecule has 0 aliphatic carbocycles. The number of rotatable bonds is 3. The molecule has 0 spiro atoms. The van der Waals surface area contributed by atoms with Crippen LogP contribution in [0, 0.1) is 0 Å². The summed E-state index contributed by atoms with van der Waals surface area (Å²) in [6.45, 7) is 3.98. The van der Waals surface area contributed by atoms with Gasteiger partial charge in [0, 0.05) is 15.6 Å². The van der Waals surface area contributed by atoms with Crippen LogP contribution in [0.25, 0.3) is 0 Å². The molecule has 1 heterocycles. The van der Waals surface area contributed by atoms with E-state index in [1.54, 1.807) is 18.2 Å². The first-order chi connectivity index (χ1) is 8.97. The van der Waals surface area contributed by atoms with Gasteiger partial charge in [-0.05, 0) is 56.6 Å². The van der Waals surface area contributed by atoms with Crippen molar-refractivity contribution in [2.45, 2.75) is 31.7 Å². The Morgan fingerprint density at radius 2 is 1.84 bits per heavy atom. The lowest BCUT2D eigenvalue weighted by Gasteiger charge is -2.35. The molecule has 0 bridgehead atoms. The first kappa shape index (κ1) is 14.6. The van der Waals surface area contributed by atoms with Crippen molar-refractivity contribution < 1.29 is 4.79 Å². The molecule has 1 aliphatic heterocycles. The van der Waals surface area contributed by atoms with Gasteiger partial charge in [-0.2, -0.15) is 0 Å². The number of amides is 1. The molecule has 0 radical (unpaired) electrons. The number of halogens is 2. The van der Waals surface area contributed by atoms with Gasteiger partial charge in [-0.15, -0.1) is 0 Å². The number of nitrogens with one attached hydrogen (secondary N) is 2. The largest absolute Gasteiger partial charge is 0.351 e. The first-order valence-corrected chi connectivity index (χ1v) is 7.19. The summed E-state index contributed by atoms with van der Waals surface area (Å²) in [5.74, 6) is 0.0164. The van der Waals surface area contributed by atoms with Gasteiger partial charge in [0.25, 0.3) is 0 Å². The molecule has 1 saturated heterocycles. The Bertz CT molecular complexity index is 450. The van der Waals surface area contributed by atoms with E-state index in [1.807, 2.05) is 0 Å². The lowest BCUT2D eigenvalue weighted by atomic mass is 9.90. The standard InChI is InChI=1S/C14H18Cl2N2O/c1-14(2-4-17-5-3-14)18-13(19)8-10-6-11(15)9-12(16)7-10/h6-7,9,17H,2-5,8H2,1H3,(H,18,19). The van der Waals surface area contributed by atoms with Crippen molar-refractivity contribution in [2.75, 3.05) is 13.1 Å². The second kappa shape index (κ2) is 6.12. The summed E-state index contributed by atoms with van der Waals surface area (Å²) >= 11 is 11.9. The van der Waals surface area contributed by atoms with E-state index in [0.29, 0.717) is 16.5 Å². The van der Waals surface area contributed by atoms with Crippen LogP contribution in [0.4, 0.5) is 0 Å². The molecule has 0 saturated carbocycles. The predicted molar refractivity (Wildman–Crippen MR) is 78.8 cm³/mol. The van der Waals surface area contributed by atoms with E-state index in [4.69, 9.17) is 23.2 Å². The maximum absolute atomic E-state index is 12.1. The highest BCUT2D eigenvalue weighted by Gasteiger charge is 2.28. The monoisotopic (exact) mass is 300 g/mol. The molecule has 1 aromatic carbocycles. The Labute approximate surface area is 123 Å². The minimum absolute atomic E-state index is 0.0164. The number of carbonyl (C=O) groups is 1. The molecular weight excluding hydrogens is 283 g/mol. The van der Waals surface area contributed by atoms with E-state index >= 15 is 0 Å². The van der Waals surface area contributed by atoms with Gasteiger partial charge in [0.1, 0.15) is 0 Å². The molecule has 0 unspecified atom stereocenters. The van der Waals surface area contributed by atoms with Gasteiger partial charge in [-0.25, -0.2) is 0 Å². The van der Waals surface area contributed by atoms with Crippen LogP contribution in [0.1, 0.15) is 25.3 Å². The van der Waals surface area contributed by atoms with Gasteiger partial charge < -0.3 is 10.6 Å². The molecule has 1 fully saturated rings. The zero-order chi connectivity index (χ0) is 13.9. The van der Waals surface area contributed by atoms with Crippen LogP contribution in [0.2, 0.25) is 10.0 Å². The maximum atomic E-state index is 12.1. The van der Waals surface area contributed by atoms with Gasteiger partial charge in [0.05, 0.1) is 6.42 Å².